The summed E-state index contributed by atoms with van der Waals surface area (Å²) in [4.78, 5) is 6.61. The Labute approximate surface area is 138 Å². The van der Waals surface area contributed by atoms with Gasteiger partial charge < -0.3 is 4.90 Å². The lowest BCUT2D eigenvalue weighted by molar-refractivity contribution is 1.12. The number of aryl methyl sites for hydroxylation is 3. The molecule has 2 aromatic rings. The first kappa shape index (κ1) is 16.9. The fourth-order valence-electron chi connectivity index (χ4n) is 2.28. The quantitative estimate of drug-likeness (QED) is 0.418. The normalized spacial score (nSPS) is 12.0. The first-order valence-electron chi connectivity index (χ1n) is 7.69. The second kappa shape index (κ2) is 7.18. The van der Waals surface area contributed by atoms with Gasteiger partial charge in [0.25, 0.3) is 0 Å². The summed E-state index contributed by atoms with van der Waals surface area (Å²) in [6.45, 7) is 8.04. The van der Waals surface area contributed by atoms with Gasteiger partial charge >= 0.3 is 0 Å². The van der Waals surface area contributed by atoms with Crippen molar-refractivity contribution in [1.82, 2.24) is 0 Å². The second-order valence-electron chi connectivity index (χ2n) is 6.01. The molecule has 0 bridgehead atoms. The minimum atomic E-state index is 0.646. The SMILES string of the molecule is CC(N=Nc1ccc(N(C)C)cc1C)=Nc1ccc(C)cc1C. The fraction of sp³-hybridized carbons (Fsp3) is 0.316. The molecule has 0 spiro atoms. The lowest BCUT2D eigenvalue weighted by Gasteiger charge is -2.13. The lowest BCUT2D eigenvalue weighted by Crippen LogP contribution is -2.08. The van der Waals surface area contributed by atoms with Crippen molar-refractivity contribution in [1.29, 1.82) is 0 Å². The molecule has 0 aliphatic heterocycles. The van der Waals surface area contributed by atoms with Gasteiger partial charge in [0.2, 0.25) is 0 Å². The van der Waals surface area contributed by atoms with Crippen LogP contribution in [0.15, 0.2) is 51.6 Å². The molecule has 0 atom stereocenters. The van der Waals surface area contributed by atoms with Crippen molar-refractivity contribution >= 4 is 22.9 Å². The largest absolute Gasteiger partial charge is 0.378 e. The van der Waals surface area contributed by atoms with Crippen molar-refractivity contribution in [2.24, 2.45) is 15.2 Å². The predicted octanol–water partition coefficient (Wildman–Crippen LogP) is 5.51. The van der Waals surface area contributed by atoms with E-state index in [1.165, 1.54) is 5.56 Å². The maximum Gasteiger partial charge on any atom is 0.148 e. The summed E-state index contributed by atoms with van der Waals surface area (Å²) < 4.78 is 0. The molecule has 0 heterocycles. The average molecular weight is 308 g/mol. The summed E-state index contributed by atoms with van der Waals surface area (Å²) in [6.07, 6.45) is 0. The van der Waals surface area contributed by atoms with Gasteiger partial charge in [-0.15, -0.1) is 10.2 Å². The van der Waals surface area contributed by atoms with Crippen LogP contribution in [0.2, 0.25) is 0 Å². The third-order valence-electron chi connectivity index (χ3n) is 3.63. The smallest absolute Gasteiger partial charge is 0.148 e. The van der Waals surface area contributed by atoms with E-state index >= 15 is 0 Å². The Morgan fingerprint density at radius 2 is 1.52 bits per heavy atom. The van der Waals surface area contributed by atoms with Gasteiger partial charge in [-0.1, -0.05) is 17.7 Å². The van der Waals surface area contributed by atoms with E-state index in [1.54, 1.807) is 0 Å². The first-order chi connectivity index (χ1) is 10.9. The molecule has 0 saturated heterocycles. The molecular formula is C19H24N4. The van der Waals surface area contributed by atoms with Crippen molar-refractivity contribution in [2.45, 2.75) is 27.7 Å². The molecule has 0 N–H and O–H groups in total. The van der Waals surface area contributed by atoms with Crippen LogP contribution in [-0.2, 0) is 0 Å². The number of amidine groups is 1. The molecule has 120 valence electrons. The van der Waals surface area contributed by atoms with Crippen molar-refractivity contribution in [2.75, 3.05) is 19.0 Å². The van der Waals surface area contributed by atoms with Gasteiger partial charge in [0, 0.05) is 19.8 Å². The number of hydrogen-bond acceptors (Lipinski definition) is 3. The predicted molar refractivity (Wildman–Crippen MR) is 98.7 cm³/mol. The highest BCUT2D eigenvalue weighted by Crippen LogP contribution is 2.24. The van der Waals surface area contributed by atoms with E-state index in [2.05, 4.69) is 52.2 Å². The minimum Gasteiger partial charge on any atom is -0.378 e. The van der Waals surface area contributed by atoms with Crippen LogP contribution < -0.4 is 4.90 Å². The highest BCUT2D eigenvalue weighted by Gasteiger charge is 2.01. The highest BCUT2D eigenvalue weighted by atomic mass is 15.1. The average Bonchev–Trinajstić information content (AvgIpc) is 2.48. The molecule has 4 heteroatoms. The Morgan fingerprint density at radius 1 is 0.870 bits per heavy atom. The second-order valence-corrected chi connectivity index (χ2v) is 6.01. The van der Waals surface area contributed by atoms with Crippen LogP contribution in [0.3, 0.4) is 0 Å². The molecule has 0 fully saturated rings. The molecule has 0 saturated carbocycles. The molecule has 4 nitrogen and oxygen atoms in total. The number of aliphatic imine (C=N–C) groups is 1. The molecule has 0 amide bonds. The lowest BCUT2D eigenvalue weighted by atomic mass is 10.1. The standard InChI is InChI=1S/C19H24N4/c1-13-7-9-18(14(2)11-13)20-16(4)21-22-19-10-8-17(23(5)6)12-15(19)3/h7-12H,1-6H3. The van der Waals surface area contributed by atoms with Gasteiger partial charge in [-0.25, -0.2) is 4.99 Å². The highest BCUT2D eigenvalue weighted by molar-refractivity contribution is 5.83. The number of hydrogen-bond donors (Lipinski definition) is 0. The summed E-state index contributed by atoms with van der Waals surface area (Å²) in [7, 11) is 4.05. The van der Waals surface area contributed by atoms with E-state index in [9.17, 15) is 0 Å². The van der Waals surface area contributed by atoms with Crippen molar-refractivity contribution in [3.05, 3.63) is 53.1 Å². The van der Waals surface area contributed by atoms with Crippen LogP contribution in [0.25, 0.3) is 0 Å². The molecule has 0 aliphatic carbocycles. The van der Waals surface area contributed by atoms with Gasteiger partial charge in [-0.3, -0.25) is 0 Å². The zero-order valence-corrected chi connectivity index (χ0v) is 14.8. The van der Waals surface area contributed by atoms with Gasteiger partial charge in [0.05, 0.1) is 11.4 Å². The Kier molecular flexibility index (Phi) is 5.27. The van der Waals surface area contributed by atoms with E-state index in [1.807, 2.05) is 46.1 Å². The maximum atomic E-state index is 4.54. The van der Waals surface area contributed by atoms with Gasteiger partial charge in [0.15, 0.2) is 0 Å². The zero-order valence-electron chi connectivity index (χ0n) is 14.8. The zero-order chi connectivity index (χ0) is 17.0. The number of nitrogens with zero attached hydrogens (tertiary/aromatic N) is 4. The summed E-state index contributed by atoms with van der Waals surface area (Å²) in [6, 6.07) is 12.3. The molecule has 0 radical (unpaired) electrons. The molecule has 2 aromatic carbocycles. The molecule has 0 aromatic heterocycles. The third kappa shape index (κ3) is 4.49. The summed E-state index contributed by atoms with van der Waals surface area (Å²) >= 11 is 0. The van der Waals surface area contributed by atoms with E-state index in [0.29, 0.717) is 5.84 Å². The topological polar surface area (TPSA) is 40.3 Å². The monoisotopic (exact) mass is 308 g/mol. The van der Waals surface area contributed by atoms with Crippen molar-refractivity contribution in [3.8, 4) is 0 Å². The number of benzene rings is 2. The Balaban J connectivity index is 2.20. The van der Waals surface area contributed by atoms with Gasteiger partial charge in [-0.2, -0.15) is 0 Å². The fourth-order valence-corrected chi connectivity index (χ4v) is 2.28. The molecule has 2 rings (SSSR count). The van der Waals surface area contributed by atoms with Crippen LogP contribution in [0.1, 0.15) is 23.6 Å². The van der Waals surface area contributed by atoms with Crippen LogP contribution in [0.5, 0.6) is 0 Å². The van der Waals surface area contributed by atoms with E-state index in [0.717, 1.165) is 28.2 Å². The van der Waals surface area contributed by atoms with Crippen LogP contribution in [0, 0.1) is 20.8 Å². The Hall–Kier alpha value is -2.49. The number of rotatable bonds is 3. The van der Waals surface area contributed by atoms with Crippen LogP contribution in [-0.4, -0.2) is 19.9 Å². The Morgan fingerprint density at radius 3 is 2.13 bits per heavy atom. The molecule has 23 heavy (non-hydrogen) atoms. The van der Waals surface area contributed by atoms with Crippen molar-refractivity contribution < 1.29 is 0 Å². The molecule has 0 aliphatic rings. The summed E-state index contributed by atoms with van der Waals surface area (Å²) in [5.41, 5.74) is 6.43. The summed E-state index contributed by atoms with van der Waals surface area (Å²) in [5, 5.41) is 8.58. The first-order valence-corrected chi connectivity index (χ1v) is 7.69. The van der Waals surface area contributed by atoms with Crippen molar-refractivity contribution in [3.63, 3.8) is 0 Å². The van der Waals surface area contributed by atoms with Gasteiger partial charge in [-0.05, 0) is 63.1 Å². The maximum absolute atomic E-state index is 4.54. The van der Waals surface area contributed by atoms with Crippen LogP contribution >= 0.6 is 0 Å². The molecular weight excluding hydrogens is 284 g/mol. The Bertz CT molecular complexity index is 758. The number of anilines is 1. The number of azo groups is 1. The van der Waals surface area contributed by atoms with E-state index in [-0.39, 0.29) is 0 Å². The summed E-state index contributed by atoms with van der Waals surface area (Å²) in [5.74, 6) is 0.646. The van der Waals surface area contributed by atoms with Crippen LogP contribution in [0.4, 0.5) is 17.1 Å². The van der Waals surface area contributed by atoms with Gasteiger partial charge in [0.1, 0.15) is 5.84 Å². The molecule has 0 unspecified atom stereocenters. The van der Waals surface area contributed by atoms with E-state index < -0.39 is 0 Å². The van der Waals surface area contributed by atoms with E-state index in [4.69, 9.17) is 0 Å². The third-order valence-corrected chi connectivity index (χ3v) is 3.63. The minimum absolute atomic E-state index is 0.646.